The molecule has 14 heavy (non-hydrogen) atoms. The first-order valence-corrected chi connectivity index (χ1v) is 5.32. The Morgan fingerprint density at radius 3 is 2.57 bits per heavy atom. The number of carbonyl (C=O) groups excluding carboxylic acids is 1. The van der Waals surface area contributed by atoms with Gasteiger partial charge in [0.1, 0.15) is 0 Å². The SMILES string of the molecule is [CH2]CN(CCCC)C(=O)OCC(C)C. The molecule has 0 N–H and O–H groups in total. The largest absolute Gasteiger partial charge is 0.449 e. The lowest BCUT2D eigenvalue weighted by atomic mass is 10.2. The van der Waals surface area contributed by atoms with Crippen molar-refractivity contribution in [3.63, 3.8) is 0 Å². The normalized spacial score (nSPS) is 10.4. The molecule has 0 aromatic rings. The molecule has 3 heteroatoms. The average molecular weight is 200 g/mol. The zero-order chi connectivity index (χ0) is 11.0. The first-order chi connectivity index (χ1) is 6.61. The van der Waals surface area contributed by atoms with Crippen molar-refractivity contribution < 1.29 is 9.53 Å². The van der Waals surface area contributed by atoms with Crippen LogP contribution in [0.25, 0.3) is 0 Å². The third-order valence-electron chi connectivity index (χ3n) is 1.85. The van der Waals surface area contributed by atoms with Gasteiger partial charge < -0.3 is 9.64 Å². The van der Waals surface area contributed by atoms with E-state index in [4.69, 9.17) is 4.74 Å². The first-order valence-electron chi connectivity index (χ1n) is 5.32. The summed E-state index contributed by atoms with van der Waals surface area (Å²) in [6, 6.07) is 0. The molecule has 0 unspecified atom stereocenters. The smallest absolute Gasteiger partial charge is 0.409 e. The molecule has 0 heterocycles. The summed E-state index contributed by atoms with van der Waals surface area (Å²) in [5, 5.41) is 0. The Labute approximate surface area is 87.4 Å². The third-order valence-corrected chi connectivity index (χ3v) is 1.85. The molecule has 83 valence electrons. The van der Waals surface area contributed by atoms with Gasteiger partial charge in [-0.3, -0.25) is 0 Å². The van der Waals surface area contributed by atoms with Gasteiger partial charge >= 0.3 is 6.09 Å². The van der Waals surface area contributed by atoms with E-state index in [2.05, 4.69) is 13.8 Å². The maximum Gasteiger partial charge on any atom is 0.409 e. The second kappa shape index (κ2) is 7.65. The van der Waals surface area contributed by atoms with Crippen LogP contribution in [0.4, 0.5) is 4.79 Å². The highest BCUT2D eigenvalue weighted by atomic mass is 16.6. The van der Waals surface area contributed by atoms with E-state index in [1.54, 1.807) is 4.90 Å². The number of hydrogen-bond acceptors (Lipinski definition) is 2. The molecule has 0 aromatic carbocycles. The van der Waals surface area contributed by atoms with Crippen LogP contribution in [-0.2, 0) is 4.74 Å². The lowest BCUT2D eigenvalue weighted by molar-refractivity contribution is 0.0950. The summed E-state index contributed by atoms with van der Waals surface area (Å²) < 4.78 is 5.10. The molecule has 1 amide bonds. The van der Waals surface area contributed by atoms with Crippen LogP contribution >= 0.6 is 0 Å². The number of ether oxygens (including phenoxy) is 1. The van der Waals surface area contributed by atoms with Crippen LogP contribution in [0.3, 0.4) is 0 Å². The number of amides is 1. The molecular weight excluding hydrogens is 178 g/mol. The Balaban J connectivity index is 3.79. The van der Waals surface area contributed by atoms with Crippen molar-refractivity contribution >= 4 is 6.09 Å². The van der Waals surface area contributed by atoms with E-state index in [1.165, 1.54) is 0 Å². The Morgan fingerprint density at radius 1 is 1.50 bits per heavy atom. The van der Waals surface area contributed by atoms with Crippen molar-refractivity contribution in [3.8, 4) is 0 Å². The number of nitrogens with zero attached hydrogens (tertiary/aromatic N) is 1. The van der Waals surface area contributed by atoms with Gasteiger partial charge in [0.25, 0.3) is 0 Å². The van der Waals surface area contributed by atoms with Gasteiger partial charge in [0.05, 0.1) is 6.61 Å². The van der Waals surface area contributed by atoms with Crippen LogP contribution in [0.15, 0.2) is 0 Å². The summed E-state index contributed by atoms with van der Waals surface area (Å²) in [4.78, 5) is 13.1. The monoisotopic (exact) mass is 200 g/mol. The van der Waals surface area contributed by atoms with Gasteiger partial charge in [-0.25, -0.2) is 4.79 Å². The number of rotatable bonds is 6. The van der Waals surface area contributed by atoms with E-state index in [-0.39, 0.29) is 6.09 Å². The average Bonchev–Trinajstić information content (AvgIpc) is 2.16. The van der Waals surface area contributed by atoms with Crippen molar-refractivity contribution in [3.05, 3.63) is 6.92 Å². The molecule has 0 aromatic heterocycles. The molecule has 3 nitrogen and oxygen atoms in total. The zero-order valence-electron chi connectivity index (χ0n) is 9.58. The summed E-state index contributed by atoms with van der Waals surface area (Å²) in [6.07, 6.45) is 1.85. The third kappa shape index (κ3) is 5.84. The summed E-state index contributed by atoms with van der Waals surface area (Å²) in [5.74, 6) is 0.386. The van der Waals surface area contributed by atoms with Gasteiger partial charge in [-0.1, -0.05) is 27.2 Å². The lowest BCUT2D eigenvalue weighted by Crippen LogP contribution is -2.33. The minimum Gasteiger partial charge on any atom is -0.449 e. The predicted octanol–water partition coefficient (Wildman–Crippen LogP) is 2.72. The summed E-state index contributed by atoms with van der Waals surface area (Å²) in [7, 11) is 0. The number of unbranched alkanes of at least 4 members (excludes halogenated alkanes) is 1. The maximum atomic E-state index is 11.4. The minimum absolute atomic E-state index is 0.234. The second-order valence-electron chi connectivity index (χ2n) is 3.81. The van der Waals surface area contributed by atoms with Crippen LogP contribution < -0.4 is 0 Å². The molecule has 0 atom stereocenters. The van der Waals surface area contributed by atoms with Crippen LogP contribution in [0.5, 0.6) is 0 Å². The molecular formula is C11H22NO2. The number of carbonyl (C=O) groups is 1. The zero-order valence-corrected chi connectivity index (χ0v) is 9.58. The summed E-state index contributed by atoms with van der Waals surface area (Å²) in [5.41, 5.74) is 0. The predicted molar refractivity (Wildman–Crippen MR) is 58.0 cm³/mol. The van der Waals surface area contributed by atoms with Crippen LogP contribution in [0.1, 0.15) is 33.6 Å². The van der Waals surface area contributed by atoms with Crippen LogP contribution in [0, 0.1) is 12.8 Å². The van der Waals surface area contributed by atoms with Crippen LogP contribution in [-0.4, -0.2) is 30.7 Å². The lowest BCUT2D eigenvalue weighted by Gasteiger charge is -2.20. The molecule has 0 aliphatic heterocycles. The molecule has 0 saturated heterocycles. The molecule has 0 aliphatic rings. The van der Waals surface area contributed by atoms with E-state index in [9.17, 15) is 4.79 Å². The second-order valence-corrected chi connectivity index (χ2v) is 3.81. The van der Waals surface area contributed by atoms with Crippen molar-refractivity contribution in [2.45, 2.75) is 33.6 Å². The molecule has 0 aliphatic carbocycles. The van der Waals surface area contributed by atoms with Crippen molar-refractivity contribution in [2.24, 2.45) is 5.92 Å². The van der Waals surface area contributed by atoms with Gasteiger partial charge in [-0.2, -0.15) is 0 Å². The van der Waals surface area contributed by atoms with Crippen molar-refractivity contribution in [1.82, 2.24) is 4.90 Å². The molecule has 0 saturated carbocycles. The van der Waals surface area contributed by atoms with Crippen molar-refractivity contribution in [1.29, 1.82) is 0 Å². The van der Waals surface area contributed by atoms with E-state index < -0.39 is 0 Å². The minimum atomic E-state index is -0.234. The molecule has 0 rings (SSSR count). The fourth-order valence-corrected chi connectivity index (χ4v) is 0.973. The van der Waals surface area contributed by atoms with E-state index in [0.717, 1.165) is 19.4 Å². The fourth-order valence-electron chi connectivity index (χ4n) is 0.973. The molecule has 0 fully saturated rings. The van der Waals surface area contributed by atoms with E-state index in [1.807, 2.05) is 13.8 Å². The van der Waals surface area contributed by atoms with Gasteiger partial charge in [-0.15, -0.1) is 0 Å². The Bertz CT molecular complexity index is 157. The summed E-state index contributed by atoms with van der Waals surface area (Å²) in [6.45, 7) is 11.6. The Morgan fingerprint density at radius 2 is 2.14 bits per heavy atom. The first kappa shape index (κ1) is 13.3. The summed E-state index contributed by atoms with van der Waals surface area (Å²) >= 11 is 0. The highest BCUT2D eigenvalue weighted by Crippen LogP contribution is 2.00. The van der Waals surface area contributed by atoms with E-state index in [0.29, 0.717) is 19.1 Å². The van der Waals surface area contributed by atoms with Crippen LogP contribution in [0.2, 0.25) is 0 Å². The van der Waals surface area contributed by atoms with E-state index >= 15 is 0 Å². The Kier molecular flexibility index (Phi) is 7.25. The van der Waals surface area contributed by atoms with Crippen molar-refractivity contribution in [2.75, 3.05) is 19.7 Å². The molecule has 1 radical (unpaired) electrons. The molecule has 0 bridgehead atoms. The van der Waals surface area contributed by atoms with Gasteiger partial charge in [0.2, 0.25) is 0 Å². The quantitative estimate of drug-likeness (QED) is 0.659. The standard InChI is InChI=1S/C11H22NO2/c1-5-7-8-12(6-2)11(13)14-9-10(3)4/h10H,2,5-9H2,1,3-4H3. The molecule has 0 spiro atoms. The van der Waals surface area contributed by atoms with Gasteiger partial charge in [0.15, 0.2) is 0 Å². The van der Waals surface area contributed by atoms with Gasteiger partial charge in [0, 0.05) is 13.1 Å². The number of hydrogen-bond donors (Lipinski definition) is 0. The Hall–Kier alpha value is -0.730. The topological polar surface area (TPSA) is 29.5 Å². The fraction of sp³-hybridized carbons (Fsp3) is 0.818. The maximum absolute atomic E-state index is 11.4. The highest BCUT2D eigenvalue weighted by Gasteiger charge is 2.12. The highest BCUT2D eigenvalue weighted by molar-refractivity contribution is 5.67. The van der Waals surface area contributed by atoms with Gasteiger partial charge in [-0.05, 0) is 19.3 Å².